The Balaban J connectivity index is 3.54. The lowest BCUT2D eigenvalue weighted by atomic mass is 10.1. The van der Waals surface area contributed by atoms with Crippen LogP contribution < -0.4 is 0 Å². The first kappa shape index (κ1) is 10.3. The van der Waals surface area contributed by atoms with Crippen LogP contribution >= 0.6 is 0 Å². The van der Waals surface area contributed by atoms with E-state index < -0.39 is 18.7 Å². The first-order chi connectivity index (χ1) is 4.95. The van der Waals surface area contributed by atoms with Crippen molar-refractivity contribution in [3.63, 3.8) is 0 Å². The van der Waals surface area contributed by atoms with Gasteiger partial charge in [0.15, 0.2) is 0 Å². The highest BCUT2D eigenvalue weighted by Gasteiger charge is 2.30. The van der Waals surface area contributed by atoms with Gasteiger partial charge in [0.25, 0.3) is 0 Å². The molecule has 11 heavy (non-hydrogen) atoms. The fourth-order valence-corrected chi connectivity index (χ4v) is 0.619. The molecule has 1 atom stereocenters. The van der Waals surface area contributed by atoms with Crippen LogP contribution in [-0.4, -0.2) is 17.4 Å². The van der Waals surface area contributed by atoms with E-state index in [0.717, 1.165) is 0 Å². The average Bonchev–Trinajstić information content (AvgIpc) is 1.79. The first-order valence-electron chi connectivity index (χ1n) is 3.14. The van der Waals surface area contributed by atoms with E-state index in [9.17, 15) is 13.2 Å². The van der Waals surface area contributed by atoms with Gasteiger partial charge in [-0.15, -0.1) is 12.3 Å². The Hall–Kier alpha value is -0.690. The zero-order valence-electron chi connectivity index (χ0n) is 5.86. The van der Waals surface area contributed by atoms with Gasteiger partial charge in [0, 0.05) is 6.42 Å². The minimum absolute atomic E-state index is 0.00993. The normalized spacial score (nSPS) is 14.1. The molecule has 0 aliphatic rings. The minimum atomic E-state index is -4.30. The van der Waals surface area contributed by atoms with Crippen molar-refractivity contribution in [3.8, 4) is 12.3 Å². The van der Waals surface area contributed by atoms with Crippen LogP contribution in [0.2, 0.25) is 0 Å². The van der Waals surface area contributed by atoms with E-state index in [1.807, 2.05) is 0 Å². The molecule has 0 saturated carbocycles. The van der Waals surface area contributed by atoms with Gasteiger partial charge in [-0.1, -0.05) is 0 Å². The Morgan fingerprint density at radius 1 is 1.45 bits per heavy atom. The molecule has 1 N–H and O–H groups in total. The highest BCUT2D eigenvalue weighted by atomic mass is 19.4. The predicted octanol–water partition coefficient (Wildman–Crippen LogP) is 1.71. The van der Waals surface area contributed by atoms with E-state index in [0.29, 0.717) is 0 Å². The molecule has 64 valence electrons. The number of alkyl halides is 3. The molecule has 0 spiro atoms. The standard InChI is InChI=1S/C7H9F3O/c1-2-3-4-6(11)5-7(8,9)10/h1,6,11H,3-5H2. The Kier molecular flexibility index (Phi) is 3.98. The fourth-order valence-electron chi connectivity index (χ4n) is 0.619. The average molecular weight is 166 g/mol. The minimum Gasteiger partial charge on any atom is -0.393 e. The van der Waals surface area contributed by atoms with Crippen LogP contribution in [-0.2, 0) is 0 Å². The molecule has 1 nitrogen and oxygen atoms in total. The number of aliphatic hydroxyl groups excluding tert-OH is 1. The van der Waals surface area contributed by atoms with Crippen LogP contribution in [0.25, 0.3) is 0 Å². The molecule has 0 bridgehead atoms. The quantitative estimate of drug-likeness (QED) is 0.633. The molecule has 0 fully saturated rings. The molecular formula is C7H9F3O. The predicted molar refractivity (Wildman–Crippen MR) is 34.7 cm³/mol. The fraction of sp³-hybridized carbons (Fsp3) is 0.714. The summed E-state index contributed by atoms with van der Waals surface area (Å²) in [5.74, 6) is 2.16. The summed E-state index contributed by atoms with van der Waals surface area (Å²) in [6, 6.07) is 0. The number of aliphatic hydroxyl groups is 1. The van der Waals surface area contributed by atoms with E-state index in [2.05, 4.69) is 5.92 Å². The Labute approximate surface area is 63.2 Å². The smallest absolute Gasteiger partial charge is 0.391 e. The third-order valence-electron chi connectivity index (χ3n) is 1.09. The van der Waals surface area contributed by atoms with Crippen LogP contribution in [0.15, 0.2) is 0 Å². The lowest BCUT2D eigenvalue weighted by molar-refractivity contribution is -0.153. The molecule has 0 rings (SSSR count). The van der Waals surface area contributed by atoms with Crippen molar-refractivity contribution in [3.05, 3.63) is 0 Å². The summed E-state index contributed by atoms with van der Waals surface area (Å²) < 4.78 is 34.6. The second-order valence-electron chi connectivity index (χ2n) is 2.22. The molecule has 1 unspecified atom stereocenters. The third kappa shape index (κ3) is 7.20. The largest absolute Gasteiger partial charge is 0.393 e. The molecular weight excluding hydrogens is 157 g/mol. The second-order valence-corrected chi connectivity index (χ2v) is 2.22. The Bertz CT molecular complexity index is 145. The van der Waals surface area contributed by atoms with Gasteiger partial charge in [0.1, 0.15) is 0 Å². The molecule has 0 radical (unpaired) electrons. The van der Waals surface area contributed by atoms with Crippen molar-refractivity contribution in [2.75, 3.05) is 0 Å². The van der Waals surface area contributed by atoms with Gasteiger partial charge in [-0.05, 0) is 6.42 Å². The summed E-state index contributed by atoms with van der Waals surface area (Å²) >= 11 is 0. The SMILES string of the molecule is C#CCCC(O)CC(F)(F)F. The number of hydrogen-bond acceptors (Lipinski definition) is 1. The van der Waals surface area contributed by atoms with Crippen molar-refractivity contribution in [1.82, 2.24) is 0 Å². The molecule has 0 aliphatic heterocycles. The zero-order chi connectivity index (χ0) is 8.91. The summed E-state index contributed by atoms with van der Waals surface area (Å²) in [6.07, 6.45) is -1.84. The van der Waals surface area contributed by atoms with E-state index >= 15 is 0 Å². The van der Waals surface area contributed by atoms with Gasteiger partial charge in [0.2, 0.25) is 0 Å². The summed E-state index contributed by atoms with van der Waals surface area (Å²) in [6.45, 7) is 0. The van der Waals surface area contributed by atoms with E-state index in [-0.39, 0.29) is 12.8 Å². The van der Waals surface area contributed by atoms with Gasteiger partial charge in [-0.25, -0.2) is 0 Å². The lowest BCUT2D eigenvalue weighted by Gasteiger charge is -2.10. The second kappa shape index (κ2) is 4.24. The van der Waals surface area contributed by atoms with Gasteiger partial charge in [0.05, 0.1) is 12.5 Å². The van der Waals surface area contributed by atoms with Crippen molar-refractivity contribution >= 4 is 0 Å². The Morgan fingerprint density at radius 3 is 2.36 bits per heavy atom. The third-order valence-corrected chi connectivity index (χ3v) is 1.09. The van der Waals surface area contributed by atoms with Crippen LogP contribution in [0.5, 0.6) is 0 Å². The maximum Gasteiger partial charge on any atom is 0.391 e. The van der Waals surface area contributed by atoms with Crippen LogP contribution in [0.1, 0.15) is 19.3 Å². The number of hydrogen-bond donors (Lipinski definition) is 1. The molecule has 0 aliphatic carbocycles. The maximum absolute atomic E-state index is 11.5. The van der Waals surface area contributed by atoms with Gasteiger partial charge < -0.3 is 5.11 Å². The van der Waals surface area contributed by atoms with E-state index in [4.69, 9.17) is 11.5 Å². The molecule has 0 amide bonds. The van der Waals surface area contributed by atoms with Crippen molar-refractivity contribution in [2.45, 2.75) is 31.5 Å². The van der Waals surface area contributed by atoms with Crippen molar-refractivity contribution in [1.29, 1.82) is 0 Å². The highest BCUT2D eigenvalue weighted by Crippen LogP contribution is 2.22. The lowest BCUT2D eigenvalue weighted by Crippen LogP contribution is -2.18. The van der Waals surface area contributed by atoms with Crippen LogP contribution in [0.3, 0.4) is 0 Å². The van der Waals surface area contributed by atoms with Crippen molar-refractivity contribution < 1.29 is 18.3 Å². The van der Waals surface area contributed by atoms with Gasteiger partial charge in [-0.3, -0.25) is 0 Å². The van der Waals surface area contributed by atoms with Crippen LogP contribution in [0, 0.1) is 12.3 Å². The topological polar surface area (TPSA) is 20.2 Å². The van der Waals surface area contributed by atoms with Crippen LogP contribution in [0.4, 0.5) is 13.2 Å². The monoisotopic (exact) mass is 166 g/mol. The first-order valence-corrected chi connectivity index (χ1v) is 3.14. The zero-order valence-corrected chi connectivity index (χ0v) is 5.86. The molecule has 0 aromatic carbocycles. The number of halogens is 3. The van der Waals surface area contributed by atoms with Gasteiger partial charge in [-0.2, -0.15) is 13.2 Å². The summed E-state index contributed by atoms with van der Waals surface area (Å²) in [5.41, 5.74) is 0. The molecule has 0 aromatic heterocycles. The molecule has 0 saturated heterocycles. The van der Waals surface area contributed by atoms with Crippen molar-refractivity contribution in [2.24, 2.45) is 0 Å². The molecule has 0 heterocycles. The number of terminal acetylenes is 1. The number of rotatable bonds is 3. The summed E-state index contributed by atoms with van der Waals surface area (Å²) in [5, 5.41) is 8.70. The summed E-state index contributed by atoms with van der Waals surface area (Å²) in [7, 11) is 0. The highest BCUT2D eigenvalue weighted by molar-refractivity contribution is 4.84. The van der Waals surface area contributed by atoms with E-state index in [1.165, 1.54) is 0 Å². The molecule has 4 heteroatoms. The Morgan fingerprint density at radius 2 is 2.00 bits per heavy atom. The summed E-state index contributed by atoms with van der Waals surface area (Å²) in [4.78, 5) is 0. The van der Waals surface area contributed by atoms with Gasteiger partial charge >= 0.3 is 6.18 Å². The maximum atomic E-state index is 11.5. The molecule has 0 aromatic rings. The van der Waals surface area contributed by atoms with E-state index in [1.54, 1.807) is 0 Å².